The van der Waals surface area contributed by atoms with E-state index in [0.29, 0.717) is 18.3 Å². The Morgan fingerprint density at radius 1 is 1.33 bits per heavy atom. The standard InChI is InChI=1S/C18H26N6O2.HI/c1-18(9-4-10-26-18)12-21-17(19-2)20-11-15-22-16(24-23-15)13-5-7-14(25-3)8-6-13;/h5-8H,4,9-12H2,1-3H3,(H2,19,20,21)(H,22,23,24);1H. The number of aromatic nitrogens is 3. The van der Waals surface area contributed by atoms with E-state index in [0.717, 1.165) is 43.1 Å². The van der Waals surface area contributed by atoms with Gasteiger partial charge in [-0.1, -0.05) is 0 Å². The van der Waals surface area contributed by atoms with Gasteiger partial charge >= 0.3 is 0 Å². The quantitative estimate of drug-likeness (QED) is 0.330. The summed E-state index contributed by atoms with van der Waals surface area (Å²) < 4.78 is 11.0. The predicted molar refractivity (Wildman–Crippen MR) is 116 cm³/mol. The SMILES string of the molecule is CN=C(NCc1nc(-c2ccc(OC)cc2)n[nH]1)NCC1(C)CCCO1.I. The predicted octanol–water partition coefficient (Wildman–Crippen LogP) is 2.33. The molecule has 2 heterocycles. The van der Waals surface area contributed by atoms with Crippen molar-refractivity contribution in [3.63, 3.8) is 0 Å². The molecule has 3 N–H and O–H groups in total. The Hall–Kier alpha value is -1.88. The monoisotopic (exact) mass is 486 g/mol. The first-order valence-electron chi connectivity index (χ1n) is 8.76. The molecule has 0 amide bonds. The third kappa shape index (κ3) is 5.80. The number of nitrogens with one attached hydrogen (secondary N) is 3. The van der Waals surface area contributed by atoms with Crippen LogP contribution in [0.25, 0.3) is 11.4 Å². The number of halogens is 1. The molecule has 1 aromatic carbocycles. The largest absolute Gasteiger partial charge is 0.497 e. The van der Waals surface area contributed by atoms with Crippen molar-refractivity contribution in [2.45, 2.75) is 31.9 Å². The third-order valence-corrected chi connectivity index (χ3v) is 4.46. The number of hydrogen-bond donors (Lipinski definition) is 3. The van der Waals surface area contributed by atoms with Crippen molar-refractivity contribution in [1.82, 2.24) is 25.8 Å². The van der Waals surface area contributed by atoms with Gasteiger partial charge in [0, 0.05) is 25.8 Å². The minimum atomic E-state index is -0.120. The Labute approximate surface area is 176 Å². The van der Waals surface area contributed by atoms with Crippen LogP contribution in [0.4, 0.5) is 0 Å². The lowest BCUT2D eigenvalue weighted by Gasteiger charge is -2.24. The van der Waals surface area contributed by atoms with Crippen molar-refractivity contribution < 1.29 is 9.47 Å². The molecule has 0 aliphatic carbocycles. The molecule has 0 radical (unpaired) electrons. The van der Waals surface area contributed by atoms with Gasteiger partial charge in [0.05, 0.1) is 19.3 Å². The Morgan fingerprint density at radius 3 is 2.74 bits per heavy atom. The van der Waals surface area contributed by atoms with E-state index in [1.807, 2.05) is 24.3 Å². The Bertz CT molecular complexity index is 741. The lowest BCUT2D eigenvalue weighted by Crippen LogP contribution is -2.45. The van der Waals surface area contributed by atoms with Gasteiger partial charge in [-0.3, -0.25) is 10.1 Å². The van der Waals surface area contributed by atoms with Crippen LogP contribution in [0.5, 0.6) is 5.75 Å². The second kappa shape index (κ2) is 9.88. The second-order valence-electron chi connectivity index (χ2n) is 6.52. The molecule has 1 saturated heterocycles. The number of aliphatic imine (C=N–C) groups is 1. The molecule has 1 aromatic heterocycles. The summed E-state index contributed by atoms with van der Waals surface area (Å²) in [6, 6.07) is 7.64. The van der Waals surface area contributed by atoms with Crippen LogP contribution in [0.15, 0.2) is 29.3 Å². The Kier molecular flexibility index (Phi) is 7.84. The minimum absolute atomic E-state index is 0. The van der Waals surface area contributed by atoms with Crippen molar-refractivity contribution in [2.75, 3.05) is 27.3 Å². The Balaban J connectivity index is 0.00000261. The van der Waals surface area contributed by atoms with Gasteiger partial charge in [0.25, 0.3) is 0 Å². The molecule has 1 fully saturated rings. The third-order valence-electron chi connectivity index (χ3n) is 4.46. The second-order valence-corrected chi connectivity index (χ2v) is 6.52. The van der Waals surface area contributed by atoms with E-state index in [9.17, 15) is 0 Å². The summed E-state index contributed by atoms with van der Waals surface area (Å²) in [6.07, 6.45) is 2.17. The van der Waals surface area contributed by atoms with Crippen molar-refractivity contribution in [2.24, 2.45) is 4.99 Å². The maximum Gasteiger partial charge on any atom is 0.191 e. The summed E-state index contributed by atoms with van der Waals surface area (Å²) in [4.78, 5) is 8.76. The van der Waals surface area contributed by atoms with E-state index in [1.165, 1.54) is 0 Å². The fourth-order valence-electron chi connectivity index (χ4n) is 2.88. The minimum Gasteiger partial charge on any atom is -0.497 e. The van der Waals surface area contributed by atoms with Crippen molar-refractivity contribution in [1.29, 1.82) is 0 Å². The molecule has 1 unspecified atom stereocenters. The topological polar surface area (TPSA) is 96.5 Å². The fraction of sp³-hybridized carbons (Fsp3) is 0.500. The lowest BCUT2D eigenvalue weighted by molar-refractivity contribution is 0.0243. The molecular weight excluding hydrogens is 459 g/mol. The zero-order chi connectivity index (χ0) is 18.4. The van der Waals surface area contributed by atoms with E-state index < -0.39 is 0 Å². The smallest absolute Gasteiger partial charge is 0.191 e. The summed E-state index contributed by atoms with van der Waals surface area (Å²) in [5.74, 6) is 2.91. The summed E-state index contributed by atoms with van der Waals surface area (Å²) in [6.45, 7) is 4.18. The van der Waals surface area contributed by atoms with Crippen LogP contribution in [-0.2, 0) is 11.3 Å². The molecule has 27 heavy (non-hydrogen) atoms. The molecule has 148 valence electrons. The first kappa shape index (κ1) is 21.4. The van der Waals surface area contributed by atoms with Crippen LogP contribution in [0.2, 0.25) is 0 Å². The summed E-state index contributed by atoms with van der Waals surface area (Å²) in [5, 5.41) is 13.8. The van der Waals surface area contributed by atoms with Gasteiger partial charge in [0.2, 0.25) is 0 Å². The first-order chi connectivity index (χ1) is 12.6. The van der Waals surface area contributed by atoms with E-state index in [2.05, 4.69) is 37.7 Å². The normalized spacial score (nSPS) is 19.4. The van der Waals surface area contributed by atoms with Crippen LogP contribution >= 0.6 is 24.0 Å². The molecular formula is C18H27IN6O2. The van der Waals surface area contributed by atoms with Gasteiger partial charge in [-0.2, -0.15) is 5.10 Å². The molecule has 2 aromatic rings. The Morgan fingerprint density at radius 2 is 2.11 bits per heavy atom. The molecule has 3 rings (SSSR count). The number of aromatic amines is 1. The summed E-state index contributed by atoms with van der Waals surface area (Å²) in [5.41, 5.74) is 0.813. The summed E-state index contributed by atoms with van der Waals surface area (Å²) in [7, 11) is 3.39. The number of methoxy groups -OCH3 is 1. The molecule has 9 heteroatoms. The van der Waals surface area contributed by atoms with E-state index >= 15 is 0 Å². The average Bonchev–Trinajstić information content (AvgIpc) is 3.32. The molecule has 8 nitrogen and oxygen atoms in total. The molecule has 1 atom stereocenters. The van der Waals surface area contributed by atoms with Crippen molar-refractivity contribution in [3.8, 4) is 17.1 Å². The zero-order valence-corrected chi connectivity index (χ0v) is 18.2. The molecule has 1 aliphatic heterocycles. The zero-order valence-electron chi connectivity index (χ0n) is 15.9. The van der Waals surface area contributed by atoms with Gasteiger partial charge in [0.15, 0.2) is 11.8 Å². The number of rotatable bonds is 6. The number of ether oxygens (including phenoxy) is 2. The number of H-pyrrole nitrogens is 1. The molecule has 0 spiro atoms. The molecule has 0 saturated carbocycles. The number of hydrogen-bond acceptors (Lipinski definition) is 5. The van der Waals surface area contributed by atoms with E-state index in [1.54, 1.807) is 14.2 Å². The van der Waals surface area contributed by atoms with Crippen LogP contribution in [0.3, 0.4) is 0 Å². The maximum absolute atomic E-state index is 5.78. The fourth-order valence-corrected chi connectivity index (χ4v) is 2.88. The van der Waals surface area contributed by atoms with E-state index in [4.69, 9.17) is 9.47 Å². The number of guanidine groups is 1. The van der Waals surface area contributed by atoms with Gasteiger partial charge in [-0.15, -0.1) is 24.0 Å². The molecule has 1 aliphatic rings. The van der Waals surface area contributed by atoms with Crippen molar-refractivity contribution >= 4 is 29.9 Å². The lowest BCUT2D eigenvalue weighted by atomic mass is 10.0. The first-order valence-corrected chi connectivity index (χ1v) is 8.76. The van der Waals surface area contributed by atoms with Gasteiger partial charge in [-0.25, -0.2) is 4.98 Å². The van der Waals surface area contributed by atoms with E-state index in [-0.39, 0.29) is 29.6 Å². The van der Waals surface area contributed by atoms with Crippen molar-refractivity contribution in [3.05, 3.63) is 30.1 Å². The van der Waals surface area contributed by atoms with Crippen LogP contribution < -0.4 is 15.4 Å². The van der Waals surface area contributed by atoms with Crippen LogP contribution in [-0.4, -0.2) is 54.1 Å². The maximum atomic E-state index is 5.78. The molecule has 0 bridgehead atoms. The van der Waals surface area contributed by atoms with Crippen LogP contribution in [0, 0.1) is 0 Å². The van der Waals surface area contributed by atoms with Crippen LogP contribution in [0.1, 0.15) is 25.6 Å². The highest BCUT2D eigenvalue weighted by Crippen LogP contribution is 2.23. The van der Waals surface area contributed by atoms with Gasteiger partial charge < -0.3 is 20.1 Å². The highest BCUT2D eigenvalue weighted by Gasteiger charge is 2.29. The summed E-state index contributed by atoms with van der Waals surface area (Å²) >= 11 is 0. The van der Waals surface area contributed by atoms with Gasteiger partial charge in [0.1, 0.15) is 11.6 Å². The number of benzene rings is 1. The highest BCUT2D eigenvalue weighted by atomic mass is 127. The average molecular weight is 486 g/mol. The van der Waals surface area contributed by atoms with Gasteiger partial charge in [-0.05, 0) is 44.0 Å². The highest BCUT2D eigenvalue weighted by molar-refractivity contribution is 14.0. The number of nitrogens with zero attached hydrogens (tertiary/aromatic N) is 3.